The molecule has 0 bridgehead atoms. The molecule has 0 atom stereocenters. The second-order valence-electron chi connectivity index (χ2n) is 5.48. The molecule has 1 fully saturated rings. The second kappa shape index (κ2) is 7.67. The minimum absolute atomic E-state index is 0.484. The van der Waals surface area contributed by atoms with Crippen molar-refractivity contribution in [2.45, 2.75) is 26.2 Å². The number of hydrogen-bond donors (Lipinski definition) is 2. The Hall–Kier alpha value is -1.04. The second-order valence-corrected chi connectivity index (χ2v) is 5.48. The lowest BCUT2D eigenvalue weighted by atomic mass is 9.80. The predicted molar refractivity (Wildman–Crippen MR) is 81.2 cm³/mol. The molecule has 0 saturated heterocycles. The van der Waals surface area contributed by atoms with Gasteiger partial charge in [0.1, 0.15) is 12.4 Å². The van der Waals surface area contributed by atoms with Crippen molar-refractivity contribution in [3.63, 3.8) is 0 Å². The molecular formula is C15H24BNO3. The van der Waals surface area contributed by atoms with Crippen LogP contribution in [0.25, 0.3) is 0 Å². The number of nitrogens with zero attached hydrogens (tertiary/aromatic N) is 1. The lowest BCUT2D eigenvalue weighted by Crippen LogP contribution is -2.35. The fourth-order valence-corrected chi connectivity index (χ4v) is 2.45. The Morgan fingerprint density at radius 2 is 1.95 bits per heavy atom. The molecule has 1 aromatic carbocycles. The number of ether oxygens (including phenoxy) is 1. The molecule has 1 aliphatic rings. The molecule has 20 heavy (non-hydrogen) atoms. The average molecular weight is 277 g/mol. The highest BCUT2D eigenvalue weighted by Gasteiger charge is 2.19. The van der Waals surface area contributed by atoms with Gasteiger partial charge in [0.25, 0.3) is 0 Å². The van der Waals surface area contributed by atoms with E-state index in [-0.39, 0.29) is 0 Å². The molecule has 2 N–H and O–H groups in total. The van der Waals surface area contributed by atoms with Gasteiger partial charge in [-0.25, -0.2) is 0 Å². The Morgan fingerprint density at radius 3 is 2.45 bits per heavy atom. The van der Waals surface area contributed by atoms with Crippen molar-refractivity contribution < 1.29 is 14.8 Å². The smallest absolute Gasteiger partial charge is 0.488 e. The Kier molecular flexibility index (Phi) is 5.89. The van der Waals surface area contributed by atoms with Gasteiger partial charge >= 0.3 is 7.12 Å². The molecule has 1 saturated carbocycles. The van der Waals surface area contributed by atoms with Crippen molar-refractivity contribution in [1.82, 2.24) is 4.90 Å². The van der Waals surface area contributed by atoms with Gasteiger partial charge in [0.05, 0.1) is 0 Å². The van der Waals surface area contributed by atoms with Crippen LogP contribution in [0, 0.1) is 5.92 Å². The molecule has 4 nitrogen and oxygen atoms in total. The highest BCUT2D eigenvalue weighted by molar-refractivity contribution is 6.58. The van der Waals surface area contributed by atoms with Gasteiger partial charge < -0.3 is 14.8 Å². The van der Waals surface area contributed by atoms with Gasteiger partial charge in [-0.15, -0.1) is 0 Å². The van der Waals surface area contributed by atoms with E-state index in [9.17, 15) is 0 Å². The molecule has 5 heteroatoms. The zero-order valence-electron chi connectivity index (χ0n) is 12.2. The first-order valence-corrected chi connectivity index (χ1v) is 7.50. The lowest BCUT2D eigenvalue weighted by Gasteiger charge is -2.31. The third-order valence-electron chi connectivity index (χ3n) is 4.04. The summed E-state index contributed by atoms with van der Waals surface area (Å²) in [5, 5.41) is 18.0. The van der Waals surface area contributed by atoms with Crippen LogP contribution in [0.5, 0.6) is 5.75 Å². The minimum atomic E-state index is -1.41. The Balaban J connectivity index is 1.70. The van der Waals surface area contributed by atoms with E-state index in [1.807, 2.05) is 0 Å². The van der Waals surface area contributed by atoms with Crippen molar-refractivity contribution in [3.8, 4) is 5.75 Å². The summed E-state index contributed by atoms with van der Waals surface area (Å²) < 4.78 is 5.70. The van der Waals surface area contributed by atoms with Crippen molar-refractivity contribution >= 4 is 12.6 Å². The third kappa shape index (κ3) is 4.51. The molecule has 0 spiro atoms. The quantitative estimate of drug-likeness (QED) is 0.692. The first-order valence-electron chi connectivity index (χ1n) is 7.50. The topological polar surface area (TPSA) is 52.9 Å². The molecule has 0 amide bonds. The van der Waals surface area contributed by atoms with E-state index in [0.29, 0.717) is 12.1 Å². The molecule has 0 heterocycles. The van der Waals surface area contributed by atoms with E-state index in [2.05, 4.69) is 11.8 Å². The minimum Gasteiger partial charge on any atom is -0.492 e. The lowest BCUT2D eigenvalue weighted by molar-refractivity contribution is 0.158. The standard InChI is InChI=1S/C15H24BNO3/c1-2-17(12-13-4-3-5-13)10-11-20-15-8-6-14(7-9-15)16(18)19/h6-9,13,18-19H,2-5,10-12H2,1H3. The summed E-state index contributed by atoms with van der Waals surface area (Å²) in [6.45, 7) is 6.06. The van der Waals surface area contributed by atoms with Gasteiger partial charge in [-0.1, -0.05) is 25.5 Å². The van der Waals surface area contributed by atoms with Crippen LogP contribution in [0.1, 0.15) is 26.2 Å². The van der Waals surface area contributed by atoms with Crippen LogP contribution in [0.4, 0.5) is 0 Å². The molecule has 0 aromatic heterocycles. The van der Waals surface area contributed by atoms with E-state index in [0.717, 1.165) is 24.8 Å². The average Bonchev–Trinajstić information content (AvgIpc) is 2.41. The maximum absolute atomic E-state index is 9.02. The fourth-order valence-electron chi connectivity index (χ4n) is 2.45. The maximum Gasteiger partial charge on any atom is 0.488 e. The summed E-state index contributed by atoms with van der Waals surface area (Å²) in [5.74, 6) is 1.66. The SMILES string of the molecule is CCN(CCOc1ccc(B(O)O)cc1)CC1CCC1. The molecule has 0 unspecified atom stereocenters. The van der Waals surface area contributed by atoms with E-state index in [1.165, 1.54) is 25.8 Å². The fraction of sp³-hybridized carbons (Fsp3) is 0.600. The number of rotatable bonds is 8. The van der Waals surface area contributed by atoms with Gasteiger partial charge in [0.2, 0.25) is 0 Å². The van der Waals surface area contributed by atoms with Crippen LogP contribution < -0.4 is 10.2 Å². The van der Waals surface area contributed by atoms with Crippen LogP contribution in [-0.2, 0) is 0 Å². The summed E-state index contributed by atoms with van der Waals surface area (Å²) in [4.78, 5) is 2.44. The highest BCUT2D eigenvalue weighted by atomic mass is 16.5. The highest BCUT2D eigenvalue weighted by Crippen LogP contribution is 2.26. The van der Waals surface area contributed by atoms with Crippen LogP contribution in [0.2, 0.25) is 0 Å². The summed E-state index contributed by atoms with van der Waals surface area (Å²) in [6.07, 6.45) is 4.15. The van der Waals surface area contributed by atoms with Gasteiger partial charge in [-0.05, 0) is 42.9 Å². The predicted octanol–water partition coefficient (Wildman–Crippen LogP) is 0.867. The van der Waals surface area contributed by atoms with Gasteiger partial charge in [0.15, 0.2) is 0 Å². The van der Waals surface area contributed by atoms with Gasteiger partial charge in [-0.2, -0.15) is 0 Å². The van der Waals surface area contributed by atoms with Crippen molar-refractivity contribution in [2.24, 2.45) is 5.92 Å². The zero-order chi connectivity index (χ0) is 14.4. The molecule has 1 aromatic rings. The number of hydrogen-bond acceptors (Lipinski definition) is 4. The molecular weight excluding hydrogens is 253 g/mol. The van der Waals surface area contributed by atoms with E-state index >= 15 is 0 Å². The maximum atomic E-state index is 9.02. The molecule has 0 radical (unpaired) electrons. The van der Waals surface area contributed by atoms with Crippen molar-refractivity contribution in [3.05, 3.63) is 24.3 Å². The summed E-state index contributed by atoms with van der Waals surface area (Å²) in [7, 11) is -1.41. The normalized spacial score (nSPS) is 15.2. The van der Waals surface area contributed by atoms with Gasteiger partial charge in [-0.3, -0.25) is 4.90 Å². The first-order chi connectivity index (χ1) is 9.69. The number of benzene rings is 1. The monoisotopic (exact) mass is 277 g/mol. The van der Waals surface area contributed by atoms with Crippen molar-refractivity contribution in [2.75, 3.05) is 26.2 Å². The Morgan fingerprint density at radius 1 is 1.25 bits per heavy atom. The van der Waals surface area contributed by atoms with Crippen LogP contribution in [0.3, 0.4) is 0 Å². The Labute approximate surface area is 121 Å². The number of likely N-dealkylation sites (N-methyl/N-ethyl adjacent to an activating group) is 1. The first kappa shape index (κ1) is 15.4. The van der Waals surface area contributed by atoms with E-state index in [4.69, 9.17) is 14.8 Å². The third-order valence-corrected chi connectivity index (χ3v) is 4.04. The van der Waals surface area contributed by atoms with Crippen LogP contribution in [-0.4, -0.2) is 48.3 Å². The Bertz CT molecular complexity index is 393. The molecule has 110 valence electrons. The molecule has 1 aliphatic carbocycles. The van der Waals surface area contributed by atoms with E-state index < -0.39 is 7.12 Å². The van der Waals surface area contributed by atoms with Crippen molar-refractivity contribution in [1.29, 1.82) is 0 Å². The van der Waals surface area contributed by atoms with Crippen LogP contribution >= 0.6 is 0 Å². The summed E-state index contributed by atoms with van der Waals surface area (Å²) >= 11 is 0. The van der Waals surface area contributed by atoms with E-state index in [1.54, 1.807) is 24.3 Å². The molecule has 0 aliphatic heterocycles. The molecule has 2 rings (SSSR count). The summed E-state index contributed by atoms with van der Waals surface area (Å²) in [6, 6.07) is 6.89. The zero-order valence-corrected chi connectivity index (χ0v) is 12.2. The largest absolute Gasteiger partial charge is 0.492 e. The van der Waals surface area contributed by atoms with Gasteiger partial charge in [0, 0.05) is 13.1 Å². The summed E-state index contributed by atoms with van der Waals surface area (Å²) in [5.41, 5.74) is 0.484. The van der Waals surface area contributed by atoms with Crippen LogP contribution in [0.15, 0.2) is 24.3 Å².